The largest absolute Gasteiger partial charge is 0.368 e. The number of imidazole rings is 1. The first kappa shape index (κ1) is 21.7. The molecule has 0 atom stereocenters. The van der Waals surface area contributed by atoms with Crippen LogP contribution in [0.5, 0.6) is 0 Å². The van der Waals surface area contributed by atoms with E-state index in [4.69, 9.17) is 11.6 Å². The monoisotopic (exact) mass is 434 g/mol. The van der Waals surface area contributed by atoms with Crippen LogP contribution < -0.4 is 10.6 Å². The van der Waals surface area contributed by atoms with Crippen LogP contribution in [0.2, 0.25) is 5.28 Å². The molecule has 1 aromatic carbocycles. The summed E-state index contributed by atoms with van der Waals surface area (Å²) in [7, 11) is 0. The summed E-state index contributed by atoms with van der Waals surface area (Å²) >= 11 is 5.91. The van der Waals surface area contributed by atoms with Gasteiger partial charge in [0.2, 0.25) is 5.28 Å². The molecule has 0 aliphatic heterocycles. The number of nitrogens with one attached hydrogen (secondary N) is 3. The van der Waals surface area contributed by atoms with Crippen LogP contribution in [0.25, 0.3) is 0 Å². The number of carbonyl (C=O) groups is 1. The van der Waals surface area contributed by atoms with Gasteiger partial charge in [0.15, 0.2) is 11.6 Å². The lowest BCUT2D eigenvalue weighted by atomic mass is 10.1. The van der Waals surface area contributed by atoms with Gasteiger partial charge in [0.1, 0.15) is 11.5 Å². The van der Waals surface area contributed by atoms with E-state index >= 15 is 0 Å². The molecule has 0 saturated heterocycles. The second-order valence-corrected chi connectivity index (χ2v) is 7.12. The molecule has 2 heterocycles. The maximum absolute atomic E-state index is 13.4. The number of aromatic nitrogens is 6. The van der Waals surface area contributed by atoms with Crippen molar-refractivity contribution >= 4 is 23.3 Å². The van der Waals surface area contributed by atoms with E-state index in [9.17, 15) is 9.18 Å². The number of H-pyrrole nitrogens is 1. The molecule has 0 bridgehead atoms. The summed E-state index contributed by atoms with van der Waals surface area (Å²) in [5.74, 6) is 0.500. The molecule has 0 spiro atoms. The molecule has 0 radical (unpaired) electrons. The zero-order valence-corrected chi connectivity index (χ0v) is 17.4. The van der Waals surface area contributed by atoms with E-state index in [1.165, 1.54) is 12.1 Å². The first-order chi connectivity index (χ1) is 14.6. The Labute approximate surface area is 178 Å². The van der Waals surface area contributed by atoms with Crippen molar-refractivity contribution in [1.82, 2.24) is 35.5 Å². The molecule has 30 heavy (non-hydrogen) atoms. The Morgan fingerprint density at radius 2 is 2.17 bits per heavy atom. The van der Waals surface area contributed by atoms with Crippen molar-refractivity contribution in [1.29, 1.82) is 0 Å². The Balaban J connectivity index is 1.49. The molecular formula is C19H24ClFN8O. The maximum atomic E-state index is 13.4. The Bertz CT molecular complexity index is 973. The number of unbranched alkanes of at least 4 members (excludes halogenated alkanes) is 1. The molecule has 11 heteroatoms. The second-order valence-electron chi connectivity index (χ2n) is 6.77. The lowest BCUT2D eigenvalue weighted by molar-refractivity contribution is 0.0949. The molecule has 0 fully saturated rings. The van der Waals surface area contributed by atoms with Crippen LogP contribution in [0, 0.1) is 5.82 Å². The van der Waals surface area contributed by atoms with Crippen LogP contribution in [0.3, 0.4) is 0 Å². The fourth-order valence-electron chi connectivity index (χ4n) is 2.89. The maximum Gasteiger partial charge on any atom is 0.271 e. The minimum Gasteiger partial charge on any atom is -0.368 e. The predicted octanol–water partition coefficient (Wildman–Crippen LogP) is 2.81. The fraction of sp³-hybridized carbons (Fsp3) is 0.421. The van der Waals surface area contributed by atoms with Crippen molar-refractivity contribution < 1.29 is 9.18 Å². The third kappa shape index (κ3) is 5.99. The summed E-state index contributed by atoms with van der Waals surface area (Å²) < 4.78 is 15.0. The first-order valence-corrected chi connectivity index (χ1v) is 10.2. The van der Waals surface area contributed by atoms with Crippen LogP contribution >= 0.6 is 11.6 Å². The summed E-state index contributed by atoms with van der Waals surface area (Å²) in [6.45, 7) is 3.73. The van der Waals surface area contributed by atoms with Gasteiger partial charge in [0.05, 0.1) is 0 Å². The van der Waals surface area contributed by atoms with Gasteiger partial charge in [-0.15, -0.1) is 5.10 Å². The van der Waals surface area contributed by atoms with E-state index in [1.807, 2.05) is 6.07 Å². The Morgan fingerprint density at radius 3 is 2.97 bits per heavy atom. The summed E-state index contributed by atoms with van der Waals surface area (Å²) in [5, 5.41) is 17.8. The topological polar surface area (TPSA) is 113 Å². The second kappa shape index (κ2) is 10.7. The highest BCUT2D eigenvalue weighted by molar-refractivity contribution is 6.28. The van der Waals surface area contributed by atoms with Crippen LogP contribution in [-0.2, 0) is 13.0 Å². The van der Waals surface area contributed by atoms with Gasteiger partial charge < -0.3 is 15.6 Å². The summed E-state index contributed by atoms with van der Waals surface area (Å²) in [6, 6.07) is 6.33. The smallest absolute Gasteiger partial charge is 0.271 e. The normalized spacial score (nSPS) is 10.9. The van der Waals surface area contributed by atoms with Gasteiger partial charge in [-0.05, 0) is 52.6 Å². The lowest BCUT2D eigenvalue weighted by Gasteiger charge is -2.08. The van der Waals surface area contributed by atoms with Crippen molar-refractivity contribution in [3.05, 3.63) is 52.4 Å². The average molecular weight is 435 g/mol. The Hall–Kier alpha value is -3.01. The molecule has 0 unspecified atom stereocenters. The number of hydrogen-bond donors (Lipinski definition) is 3. The molecule has 0 aliphatic rings. The van der Waals surface area contributed by atoms with Crippen LogP contribution in [-0.4, -0.2) is 49.2 Å². The van der Waals surface area contributed by atoms with Gasteiger partial charge in [-0.1, -0.05) is 25.5 Å². The van der Waals surface area contributed by atoms with Crippen molar-refractivity contribution in [2.24, 2.45) is 0 Å². The predicted molar refractivity (Wildman–Crippen MR) is 111 cm³/mol. The molecule has 9 nitrogen and oxygen atoms in total. The highest BCUT2D eigenvalue weighted by atomic mass is 35.5. The third-order valence-electron chi connectivity index (χ3n) is 4.41. The van der Waals surface area contributed by atoms with Gasteiger partial charge in [-0.25, -0.2) is 14.1 Å². The minimum absolute atomic E-state index is 0.162. The standard InChI is InChI=1S/C19H24ClFN8O/c1-2-3-8-22-17-16(24-19(20)25-17)18(30)23-9-5-10-29-15(26-27-28-29)12-13-6-4-7-14(21)11-13/h4,6-7,11,22H,2-3,5,8-10,12H2,1H3,(H,23,30)(H,24,25). The zero-order valence-electron chi connectivity index (χ0n) is 16.7. The van der Waals surface area contributed by atoms with E-state index in [2.05, 4.69) is 43.1 Å². The van der Waals surface area contributed by atoms with Gasteiger partial charge in [-0.3, -0.25) is 4.79 Å². The first-order valence-electron chi connectivity index (χ1n) is 9.84. The number of carbonyl (C=O) groups excluding carboxylic acids is 1. The molecule has 0 saturated carbocycles. The van der Waals surface area contributed by atoms with Gasteiger partial charge in [0.25, 0.3) is 5.91 Å². The van der Waals surface area contributed by atoms with E-state index < -0.39 is 0 Å². The van der Waals surface area contributed by atoms with E-state index in [1.54, 1.807) is 10.7 Å². The number of benzene rings is 1. The number of aryl methyl sites for hydroxylation is 1. The van der Waals surface area contributed by atoms with Crippen LogP contribution in [0.1, 0.15) is 48.1 Å². The van der Waals surface area contributed by atoms with Crippen molar-refractivity contribution in [3.8, 4) is 0 Å². The van der Waals surface area contributed by atoms with Gasteiger partial charge in [0, 0.05) is 26.1 Å². The number of tetrazole rings is 1. The molecule has 3 rings (SSSR count). The summed E-state index contributed by atoms with van der Waals surface area (Å²) in [5.41, 5.74) is 1.10. The SMILES string of the molecule is CCCCNc1nc(Cl)[nH]c1C(=O)NCCCn1nnnc1Cc1cccc(F)c1. The Morgan fingerprint density at radius 1 is 1.30 bits per heavy atom. The number of aromatic amines is 1. The number of anilines is 1. The quantitative estimate of drug-likeness (QED) is 0.400. The molecule has 1 amide bonds. The van der Waals surface area contributed by atoms with E-state index in [-0.39, 0.29) is 17.0 Å². The van der Waals surface area contributed by atoms with Gasteiger partial charge in [-0.2, -0.15) is 0 Å². The Kier molecular flexibility index (Phi) is 7.72. The fourth-order valence-corrected chi connectivity index (χ4v) is 3.07. The molecule has 3 N–H and O–H groups in total. The zero-order chi connectivity index (χ0) is 21.3. The molecule has 2 aromatic heterocycles. The molecule has 160 valence electrons. The third-order valence-corrected chi connectivity index (χ3v) is 4.59. The number of hydrogen-bond acceptors (Lipinski definition) is 6. The highest BCUT2D eigenvalue weighted by Gasteiger charge is 2.16. The number of halogens is 2. The van der Waals surface area contributed by atoms with Crippen molar-refractivity contribution in [2.45, 2.75) is 39.2 Å². The van der Waals surface area contributed by atoms with Crippen molar-refractivity contribution in [2.75, 3.05) is 18.4 Å². The number of nitrogens with zero attached hydrogens (tertiary/aromatic N) is 5. The molecule has 3 aromatic rings. The lowest BCUT2D eigenvalue weighted by Crippen LogP contribution is -2.27. The summed E-state index contributed by atoms with van der Waals surface area (Å²) in [6.07, 6.45) is 3.05. The van der Waals surface area contributed by atoms with Crippen molar-refractivity contribution in [3.63, 3.8) is 0 Å². The van der Waals surface area contributed by atoms with Crippen LogP contribution in [0.15, 0.2) is 24.3 Å². The van der Waals surface area contributed by atoms with Gasteiger partial charge >= 0.3 is 0 Å². The number of rotatable bonds is 11. The number of amides is 1. The molecular weight excluding hydrogens is 411 g/mol. The average Bonchev–Trinajstić information content (AvgIpc) is 3.31. The minimum atomic E-state index is -0.295. The molecule has 0 aliphatic carbocycles. The van der Waals surface area contributed by atoms with E-state index in [0.717, 1.165) is 18.4 Å². The summed E-state index contributed by atoms with van der Waals surface area (Å²) in [4.78, 5) is 19.3. The highest BCUT2D eigenvalue weighted by Crippen LogP contribution is 2.16. The van der Waals surface area contributed by atoms with Crippen LogP contribution in [0.4, 0.5) is 10.2 Å². The van der Waals surface area contributed by atoms with E-state index in [0.29, 0.717) is 49.8 Å².